The van der Waals surface area contributed by atoms with E-state index in [1.165, 1.54) is 0 Å². The highest BCUT2D eigenvalue weighted by Crippen LogP contribution is 2.10. The molecule has 88 valence electrons. The second-order valence-electron chi connectivity index (χ2n) is 3.96. The SMILES string of the molecule is O=C(Nc1ccccc1)c1ccn2cncc2c1. The van der Waals surface area contributed by atoms with Gasteiger partial charge in [-0.2, -0.15) is 0 Å². The highest BCUT2D eigenvalue weighted by molar-refractivity contribution is 6.04. The summed E-state index contributed by atoms with van der Waals surface area (Å²) in [5.74, 6) is -0.120. The maximum absolute atomic E-state index is 12.0. The fourth-order valence-corrected chi connectivity index (χ4v) is 1.79. The Morgan fingerprint density at radius 2 is 2.00 bits per heavy atom. The molecule has 1 amide bonds. The average Bonchev–Trinajstić information content (AvgIpc) is 2.87. The molecule has 0 saturated heterocycles. The van der Waals surface area contributed by atoms with Gasteiger partial charge in [-0.25, -0.2) is 4.98 Å². The van der Waals surface area contributed by atoms with Crippen LogP contribution in [0.15, 0.2) is 61.2 Å². The Morgan fingerprint density at radius 1 is 1.17 bits per heavy atom. The van der Waals surface area contributed by atoms with Gasteiger partial charge < -0.3 is 9.72 Å². The Morgan fingerprint density at radius 3 is 2.83 bits per heavy atom. The Kier molecular flexibility index (Phi) is 2.53. The number of rotatable bonds is 2. The van der Waals surface area contributed by atoms with Crippen molar-refractivity contribution in [2.24, 2.45) is 0 Å². The zero-order chi connectivity index (χ0) is 12.4. The van der Waals surface area contributed by atoms with Gasteiger partial charge in [0.25, 0.3) is 5.91 Å². The fourth-order valence-electron chi connectivity index (χ4n) is 1.79. The lowest BCUT2D eigenvalue weighted by Gasteiger charge is -2.05. The number of para-hydroxylation sites is 1. The molecule has 18 heavy (non-hydrogen) atoms. The minimum Gasteiger partial charge on any atom is -0.322 e. The summed E-state index contributed by atoms with van der Waals surface area (Å²) in [6.45, 7) is 0. The summed E-state index contributed by atoms with van der Waals surface area (Å²) in [6, 6.07) is 13.0. The molecule has 3 rings (SSSR count). The first-order valence-corrected chi connectivity index (χ1v) is 5.61. The third kappa shape index (κ3) is 1.96. The van der Waals surface area contributed by atoms with Crippen LogP contribution in [0.2, 0.25) is 0 Å². The van der Waals surface area contributed by atoms with E-state index in [4.69, 9.17) is 0 Å². The summed E-state index contributed by atoms with van der Waals surface area (Å²) in [4.78, 5) is 16.1. The van der Waals surface area contributed by atoms with E-state index in [9.17, 15) is 4.79 Å². The van der Waals surface area contributed by atoms with Gasteiger partial charge in [-0.3, -0.25) is 4.79 Å². The lowest BCUT2D eigenvalue weighted by Crippen LogP contribution is -2.11. The van der Waals surface area contributed by atoms with Crippen molar-refractivity contribution in [2.75, 3.05) is 5.32 Å². The number of pyridine rings is 1. The first-order chi connectivity index (χ1) is 8.83. The molecular formula is C14H11N3O. The van der Waals surface area contributed by atoms with Crippen LogP contribution < -0.4 is 5.32 Å². The largest absolute Gasteiger partial charge is 0.322 e. The molecule has 0 unspecified atom stereocenters. The monoisotopic (exact) mass is 237 g/mol. The van der Waals surface area contributed by atoms with E-state index >= 15 is 0 Å². The zero-order valence-electron chi connectivity index (χ0n) is 9.58. The number of amides is 1. The molecular weight excluding hydrogens is 226 g/mol. The lowest BCUT2D eigenvalue weighted by molar-refractivity contribution is 0.102. The average molecular weight is 237 g/mol. The number of carbonyl (C=O) groups is 1. The predicted molar refractivity (Wildman–Crippen MR) is 69.6 cm³/mol. The van der Waals surface area contributed by atoms with Gasteiger partial charge in [0.05, 0.1) is 18.0 Å². The number of aromatic nitrogens is 2. The smallest absolute Gasteiger partial charge is 0.255 e. The number of fused-ring (bicyclic) bond motifs is 1. The molecule has 0 atom stereocenters. The third-order valence-electron chi connectivity index (χ3n) is 2.71. The van der Waals surface area contributed by atoms with Crippen LogP contribution in [0.4, 0.5) is 5.69 Å². The zero-order valence-corrected chi connectivity index (χ0v) is 9.58. The number of anilines is 1. The van der Waals surface area contributed by atoms with Crippen molar-refractivity contribution in [3.63, 3.8) is 0 Å². The topological polar surface area (TPSA) is 46.4 Å². The molecule has 3 aromatic rings. The molecule has 0 bridgehead atoms. The first kappa shape index (κ1) is 10.5. The first-order valence-electron chi connectivity index (χ1n) is 5.61. The molecule has 2 aromatic heterocycles. The molecule has 0 fully saturated rings. The van der Waals surface area contributed by atoms with Crippen molar-refractivity contribution in [2.45, 2.75) is 0 Å². The molecule has 4 heteroatoms. The predicted octanol–water partition coefficient (Wildman–Crippen LogP) is 2.59. The number of carbonyl (C=O) groups excluding carboxylic acids is 1. The lowest BCUT2D eigenvalue weighted by atomic mass is 10.2. The molecule has 0 aliphatic carbocycles. The van der Waals surface area contributed by atoms with Crippen molar-refractivity contribution >= 4 is 17.1 Å². The van der Waals surface area contributed by atoms with Gasteiger partial charge >= 0.3 is 0 Å². The Labute approximate surface area is 104 Å². The Bertz CT molecular complexity index is 688. The van der Waals surface area contributed by atoms with E-state index in [1.54, 1.807) is 18.6 Å². The molecule has 1 N–H and O–H groups in total. The minimum atomic E-state index is -0.120. The summed E-state index contributed by atoms with van der Waals surface area (Å²) in [5, 5.41) is 2.85. The normalized spacial score (nSPS) is 10.4. The van der Waals surface area contributed by atoms with Crippen LogP contribution in [-0.2, 0) is 0 Å². The van der Waals surface area contributed by atoms with Gasteiger partial charge in [-0.05, 0) is 24.3 Å². The van der Waals surface area contributed by atoms with Crippen LogP contribution in [0.1, 0.15) is 10.4 Å². The molecule has 0 saturated carbocycles. The van der Waals surface area contributed by atoms with Gasteiger partial charge in [0, 0.05) is 17.4 Å². The standard InChI is InChI=1S/C14H11N3O/c18-14(16-12-4-2-1-3-5-12)11-6-7-17-10-15-9-13(17)8-11/h1-10H,(H,16,18). The van der Waals surface area contributed by atoms with Crippen LogP contribution in [0, 0.1) is 0 Å². The maximum Gasteiger partial charge on any atom is 0.255 e. The molecule has 2 heterocycles. The van der Waals surface area contributed by atoms with Crippen LogP contribution in [0.25, 0.3) is 5.52 Å². The van der Waals surface area contributed by atoms with E-state index in [2.05, 4.69) is 10.3 Å². The summed E-state index contributed by atoms with van der Waals surface area (Å²) < 4.78 is 1.86. The molecule has 0 spiro atoms. The van der Waals surface area contributed by atoms with E-state index in [0.29, 0.717) is 5.56 Å². The number of nitrogens with one attached hydrogen (secondary N) is 1. The van der Waals surface area contributed by atoms with Crippen LogP contribution in [-0.4, -0.2) is 15.3 Å². The Balaban J connectivity index is 1.87. The maximum atomic E-state index is 12.0. The quantitative estimate of drug-likeness (QED) is 0.744. The number of imidazole rings is 1. The fraction of sp³-hybridized carbons (Fsp3) is 0. The number of benzene rings is 1. The van der Waals surface area contributed by atoms with Gasteiger partial charge in [0.2, 0.25) is 0 Å². The molecule has 0 aliphatic heterocycles. The van der Waals surface area contributed by atoms with Crippen molar-refractivity contribution in [1.82, 2.24) is 9.38 Å². The summed E-state index contributed by atoms with van der Waals surface area (Å²) in [7, 11) is 0. The second kappa shape index (κ2) is 4.33. The summed E-state index contributed by atoms with van der Waals surface area (Å²) in [5.41, 5.74) is 2.30. The summed E-state index contributed by atoms with van der Waals surface area (Å²) in [6.07, 6.45) is 5.25. The van der Waals surface area contributed by atoms with Crippen molar-refractivity contribution in [3.8, 4) is 0 Å². The highest BCUT2D eigenvalue weighted by atomic mass is 16.1. The molecule has 1 aromatic carbocycles. The van der Waals surface area contributed by atoms with E-state index < -0.39 is 0 Å². The molecule has 0 radical (unpaired) electrons. The van der Waals surface area contributed by atoms with Gasteiger partial charge in [0.15, 0.2) is 0 Å². The van der Waals surface area contributed by atoms with Crippen molar-refractivity contribution < 1.29 is 4.79 Å². The highest BCUT2D eigenvalue weighted by Gasteiger charge is 2.06. The minimum absolute atomic E-state index is 0.120. The van der Waals surface area contributed by atoms with Crippen molar-refractivity contribution in [1.29, 1.82) is 0 Å². The van der Waals surface area contributed by atoms with Gasteiger partial charge in [-0.1, -0.05) is 18.2 Å². The third-order valence-corrected chi connectivity index (χ3v) is 2.71. The van der Waals surface area contributed by atoms with Gasteiger partial charge in [-0.15, -0.1) is 0 Å². The van der Waals surface area contributed by atoms with Crippen LogP contribution in [0.3, 0.4) is 0 Å². The molecule has 0 aliphatic rings. The second-order valence-corrected chi connectivity index (χ2v) is 3.96. The van der Waals surface area contributed by atoms with E-state index in [0.717, 1.165) is 11.2 Å². The Hall–Kier alpha value is -2.62. The van der Waals surface area contributed by atoms with Gasteiger partial charge in [0.1, 0.15) is 0 Å². The summed E-state index contributed by atoms with van der Waals surface area (Å²) >= 11 is 0. The van der Waals surface area contributed by atoms with E-state index in [1.807, 2.05) is 47.0 Å². The number of hydrogen-bond donors (Lipinski definition) is 1. The molecule has 4 nitrogen and oxygen atoms in total. The van der Waals surface area contributed by atoms with E-state index in [-0.39, 0.29) is 5.91 Å². The van der Waals surface area contributed by atoms with Crippen molar-refractivity contribution in [3.05, 3.63) is 66.7 Å². The number of nitrogens with zero attached hydrogens (tertiary/aromatic N) is 2. The van der Waals surface area contributed by atoms with Crippen LogP contribution >= 0.6 is 0 Å². The number of hydrogen-bond acceptors (Lipinski definition) is 2. The van der Waals surface area contributed by atoms with Crippen LogP contribution in [0.5, 0.6) is 0 Å².